The Morgan fingerprint density at radius 1 is 1.20 bits per heavy atom. The van der Waals surface area contributed by atoms with Crippen LogP contribution in [0, 0.1) is 6.92 Å². The normalized spacial score (nSPS) is 9.70. The Balaban J connectivity index is 2.43. The molecule has 1 aromatic rings. The van der Waals surface area contributed by atoms with Crippen molar-refractivity contribution < 1.29 is 0 Å². The Hall–Kier alpha value is -0.430. The van der Waals surface area contributed by atoms with Crippen LogP contribution in [0.1, 0.15) is 6.42 Å². The van der Waals surface area contributed by atoms with Crippen molar-refractivity contribution in [1.29, 1.82) is 0 Å². The van der Waals surface area contributed by atoms with Crippen LogP contribution in [0.3, 0.4) is 0 Å². The highest BCUT2D eigenvalue weighted by Crippen LogP contribution is 2.16. The first-order valence-electron chi connectivity index (χ1n) is 3.40. The minimum Gasteiger partial charge on any atom is -0.126 e. The fourth-order valence-corrected chi connectivity index (χ4v) is 1.44. The van der Waals surface area contributed by atoms with Crippen molar-refractivity contribution in [1.82, 2.24) is 0 Å². The van der Waals surface area contributed by atoms with Gasteiger partial charge < -0.3 is 0 Å². The van der Waals surface area contributed by atoms with E-state index in [1.54, 1.807) is 0 Å². The zero-order chi connectivity index (χ0) is 7.23. The first kappa shape index (κ1) is 7.67. The zero-order valence-electron chi connectivity index (χ0n) is 5.92. The zero-order valence-corrected chi connectivity index (χ0v) is 6.73. The van der Waals surface area contributed by atoms with E-state index in [1.165, 1.54) is 4.90 Å². The van der Waals surface area contributed by atoms with Gasteiger partial charge in [0.2, 0.25) is 0 Å². The Bertz CT molecular complexity index is 169. The molecule has 0 unspecified atom stereocenters. The maximum atomic E-state index is 3.78. The summed E-state index contributed by atoms with van der Waals surface area (Å²) in [4.78, 5) is 1.34. The molecule has 10 heavy (non-hydrogen) atoms. The van der Waals surface area contributed by atoms with Crippen LogP contribution in [-0.4, -0.2) is 5.75 Å². The van der Waals surface area contributed by atoms with E-state index >= 15 is 0 Å². The molecular weight excluding hydrogens is 140 g/mol. The van der Waals surface area contributed by atoms with Gasteiger partial charge in [0.1, 0.15) is 0 Å². The van der Waals surface area contributed by atoms with Crippen molar-refractivity contribution in [2.45, 2.75) is 11.3 Å². The molecule has 0 bridgehead atoms. The second-order valence-electron chi connectivity index (χ2n) is 2.02. The van der Waals surface area contributed by atoms with Crippen LogP contribution in [0.2, 0.25) is 0 Å². The second-order valence-corrected chi connectivity index (χ2v) is 3.18. The number of hydrogen-bond donors (Lipinski definition) is 0. The maximum absolute atomic E-state index is 3.78. The molecule has 0 aliphatic carbocycles. The molecule has 1 heteroatoms. The predicted molar refractivity (Wildman–Crippen MR) is 47.1 cm³/mol. The summed E-state index contributed by atoms with van der Waals surface area (Å²) >= 11 is 1.86. The molecule has 0 saturated carbocycles. The molecule has 53 valence electrons. The van der Waals surface area contributed by atoms with Crippen molar-refractivity contribution >= 4 is 11.8 Å². The molecule has 0 heterocycles. The Kier molecular flexibility index (Phi) is 3.37. The molecule has 0 atom stereocenters. The van der Waals surface area contributed by atoms with Gasteiger partial charge in [0.25, 0.3) is 0 Å². The van der Waals surface area contributed by atoms with E-state index in [0.29, 0.717) is 0 Å². The molecule has 1 aromatic carbocycles. The van der Waals surface area contributed by atoms with E-state index in [2.05, 4.69) is 31.2 Å². The lowest BCUT2D eigenvalue weighted by Crippen LogP contribution is -1.73. The molecule has 0 aromatic heterocycles. The summed E-state index contributed by atoms with van der Waals surface area (Å²) in [7, 11) is 0. The number of rotatable bonds is 3. The minimum atomic E-state index is 1.000. The van der Waals surface area contributed by atoms with Crippen LogP contribution >= 0.6 is 11.8 Å². The molecule has 0 amide bonds. The molecule has 0 aliphatic heterocycles. The Morgan fingerprint density at radius 2 is 1.90 bits per heavy atom. The van der Waals surface area contributed by atoms with Gasteiger partial charge in [-0.25, -0.2) is 0 Å². The van der Waals surface area contributed by atoms with Crippen molar-refractivity contribution in [3.05, 3.63) is 37.3 Å². The lowest BCUT2D eigenvalue weighted by molar-refractivity contribution is 1.24. The summed E-state index contributed by atoms with van der Waals surface area (Å²) in [6.07, 6.45) is 1.000. The highest BCUT2D eigenvalue weighted by atomic mass is 32.2. The van der Waals surface area contributed by atoms with Crippen LogP contribution < -0.4 is 0 Å². The lowest BCUT2D eigenvalue weighted by Gasteiger charge is -1.96. The third kappa shape index (κ3) is 2.44. The van der Waals surface area contributed by atoms with Gasteiger partial charge in [-0.05, 0) is 24.3 Å². The summed E-state index contributed by atoms with van der Waals surface area (Å²) in [6, 6.07) is 10.4. The van der Waals surface area contributed by atoms with Gasteiger partial charge in [-0.3, -0.25) is 0 Å². The van der Waals surface area contributed by atoms with Gasteiger partial charge in [0.15, 0.2) is 0 Å². The van der Waals surface area contributed by atoms with Gasteiger partial charge in [0, 0.05) is 4.90 Å². The SMILES string of the molecule is [CH2]CCSc1ccccc1. The Morgan fingerprint density at radius 3 is 2.50 bits per heavy atom. The van der Waals surface area contributed by atoms with E-state index in [1.807, 2.05) is 17.8 Å². The predicted octanol–water partition coefficient (Wildman–Crippen LogP) is 3.00. The maximum Gasteiger partial charge on any atom is 0.00719 e. The van der Waals surface area contributed by atoms with E-state index < -0.39 is 0 Å². The first-order valence-corrected chi connectivity index (χ1v) is 4.39. The van der Waals surface area contributed by atoms with Crippen molar-refractivity contribution in [2.24, 2.45) is 0 Å². The molecule has 0 nitrogen and oxygen atoms in total. The Labute approximate surface area is 66.6 Å². The fourth-order valence-electron chi connectivity index (χ4n) is 0.707. The van der Waals surface area contributed by atoms with E-state index in [4.69, 9.17) is 0 Å². The highest BCUT2D eigenvalue weighted by Gasteiger charge is 1.87. The molecule has 1 rings (SSSR count). The highest BCUT2D eigenvalue weighted by molar-refractivity contribution is 7.99. The van der Waals surface area contributed by atoms with Crippen LogP contribution in [0.15, 0.2) is 35.2 Å². The third-order valence-electron chi connectivity index (χ3n) is 1.16. The standard InChI is InChI=1S/C9H11S/c1-2-8-10-9-6-4-3-5-7-9/h3-7H,1-2,8H2. The minimum absolute atomic E-state index is 1.000. The van der Waals surface area contributed by atoms with Crippen LogP contribution in [0.5, 0.6) is 0 Å². The number of thioether (sulfide) groups is 1. The van der Waals surface area contributed by atoms with E-state index in [9.17, 15) is 0 Å². The van der Waals surface area contributed by atoms with E-state index in [0.717, 1.165) is 12.2 Å². The average molecular weight is 151 g/mol. The number of hydrogen-bond acceptors (Lipinski definition) is 1. The summed E-state index contributed by atoms with van der Waals surface area (Å²) in [5, 5.41) is 0. The van der Waals surface area contributed by atoms with Crippen LogP contribution in [-0.2, 0) is 0 Å². The summed E-state index contributed by atoms with van der Waals surface area (Å²) < 4.78 is 0. The van der Waals surface area contributed by atoms with E-state index in [-0.39, 0.29) is 0 Å². The monoisotopic (exact) mass is 151 g/mol. The van der Waals surface area contributed by atoms with Crippen molar-refractivity contribution in [2.75, 3.05) is 5.75 Å². The molecular formula is C9H11S. The summed E-state index contributed by atoms with van der Waals surface area (Å²) in [5.74, 6) is 1.12. The molecule has 0 fully saturated rings. The fraction of sp³-hybridized carbons (Fsp3) is 0.222. The second kappa shape index (κ2) is 4.40. The summed E-state index contributed by atoms with van der Waals surface area (Å²) in [6.45, 7) is 3.78. The van der Waals surface area contributed by atoms with Gasteiger partial charge >= 0.3 is 0 Å². The molecule has 0 saturated heterocycles. The van der Waals surface area contributed by atoms with Gasteiger partial charge in [0.05, 0.1) is 0 Å². The smallest absolute Gasteiger partial charge is 0.00719 e. The van der Waals surface area contributed by atoms with Crippen molar-refractivity contribution in [3.63, 3.8) is 0 Å². The van der Waals surface area contributed by atoms with Gasteiger partial charge in [-0.1, -0.05) is 25.1 Å². The van der Waals surface area contributed by atoms with Crippen LogP contribution in [0.4, 0.5) is 0 Å². The average Bonchev–Trinajstić information content (AvgIpc) is 2.03. The number of benzene rings is 1. The molecule has 0 aliphatic rings. The van der Waals surface area contributed by atoms with Gasteiger partial charge in [-0.2, -0.15) is 0 Å². The quantitative estimate of drug-likeness (QED) is 0.598. The molecule has 0 spiro atoms. The molecule has 0 N–H and O–H groups in total. The first-order chi connectivity index (χ1) is 4.93. The third-order valence-corrected chi connectivity index (χ3v) is 2.25. The topological polar surface area (TPSA) is 0 Å². The van der Waals surface area contributed by atoms with Gasteiger partial charge in [-0.15, -0.1) is 11.8 Å². The van der Waals surface area contributed by atoms with Crippen LogP contribution in [0.25, 0.3) is 0 Å². The van der Waals surface area contributed by atoms with Crippen molar-refractivity contribution in [3.8, 4) is 0 Å². The summed E-state index contributed by atoms with van der Waals surface area (Å²) in [5.41, 5.74) is 0. The largest absolute Gasteiger partial charge is 0.126 e. The molecule has 1 radical (unpaired) electrons. The lowest BCUT2D eigenvalue weighted by atomic mass is 10.4.